The van der Waals surface area contributed by atoms with Crippen LogP contribution in [0.15, 0.2) is 0 Å². The number of amides is 2. The normalized spacial score (nSPS) is 20.0. The van der Waals surface area contributed by atoms with Crippen LogP contribution in [0.2, 0.25) is 0 Å². The van der Waals surface area contributed by atoms with Crippen molar-refractivity contribution in [1.82, 2.24) is 25.3 Å². The predicted octanol–water partition coefficient (Wildman–Crippen LogP) is 2.00. The Bertz CT molecular complexity index is 554. The summed E-state index contributed by atoms with van der Waals surface area (Å²) in [4.78, 5) is 14.5. The van der Waals surface area contributed by atoms with Crippen LogP contribution in [-0.2, 0) is 13.5 Å². The maximum absolute atomic E-state index is 12.0. The van der Waals surface area contributed by atoms with Crippen LogP contribution in [0.3, 0.4) is 0 Å². The molecular formula is C18H33N5O. The molecule has 0 radical (unpaired) electrons. The Hall–Kier alpha value is -1.56. The number of hydrogen-bond donors (Lipinski definition) is 2. The largest absolute Gasteiger partial charge is 0.338 e. The summed E-state index contributed by atoms with van der Waals surface area (Å²) >= 11 is 0. The van der Waals surface area contributed by atoms with E-state index in [1.165, 1.54) is 24.1 Å². The van der Waals surface area contributed by atoms with E-state index in [-0.39, 0.29) is 6.03 Å². The molecule has 2 unspecified atom stereocenters. The molecule has 0 aromatic carbocycles. The Kier molecular flexibility index (Phi) is 6.66. The van der Waals surface area contributed by atoms with Crippen molar-refractivity contribution in [2.45, 2.75) is 53.0 Å². The monoisotopic (exact) mass is 335 g/mol. The molecule has 24 heavy (non-hydrogen) atoms. The van der Waals surface area contributed by atoms with Crippen molar-refractivity contribution in [3.05, 3.63) is 17.0 Å². The zero-order chi connectivity index (χ0) is 17.7. The summed E-state index contributed by atoms with van der Waals surface area (Å²) in [6.45, 7) is 12.2. The molecule has 0 aliphatic carbocycles. The van der Waals surface area contributed by atoms with E-state index in [1.807, 2.05) is 18.7 Å². The standard InChI is InChI=1S/C18H33N5O/c1-13-7-6-10-23(12-13)14(2)11-20-18(24)19-9-8-17-15(3)21-22(5)16(17)4/h13-14H,6-12H2,1-5H3,(H2,19,20,24). The van der Waals surface area contributed by atoms with Crippen LogP contribution in [0, 0.1) is 19.8 Å². The van der Waals surface area contributed by atoms with Gasteiger partial charge in [-0.2, -0.15) is 5.10 Å². The molecular weight excluding hydrogens is 302 g/mol. The molecule has 1 aliphatic heterocycles. The first-order valence-electron chi connectivity index (χ1n) is 9.13. The number of aryl methyl sites for hydroxylation is 2. The first-order chi connectivity index (χ1) is 11.4. The van der Waals surface area contributed by atoms with Crippen molar-refractivity contribution in [2.75, 3.05) is 26.2 Å². The number of aromatic nitrogens is 2. The molecule has 0 saturated carbocycles. The number of piperidine rings is 1. The average Bonchev–Trinajstić information content (AvgIpc) is 2.78. The van der Waals surface area contributed by atoms with Crippen LogP contribution in [0.4, 0.5) is 4.79 Å². The summed E-state index contributed by atoms with van der Waals surface area (Å²) in [6.07, 6.45) is 3.41. The molecule has 1 aliphatic rings. The number of rotatable bonds is 6. The third kappa shape index (κ3) is 4.97. The minimum Gasteiger partial charge on any atom is -0.338 e. The van der Waals surface area contributed by atoms with Gasteiger partial charge in [0.15, 0.2) is 0 Å². The van der Waals surface area contributed by atoms with Gasteiger partial charge in [-0.3, -0.25) is 9.58 Å². The molecule has 2 rings (SSSR count). The van der Waals surface area contributed by atoms with Gasteiger partial charge in [0, 0.05) is 38.4 Å². The van der Waals surface area contributed by atoms with E-state index in [1.54, 1.807) is 0 Å². The average molecular weight is 335 g/mol. The van der Waals surface area contributed by atoms with Crippen molar-refractivity contribution in [3.8, 4) is 0 Å². The first kappa shape index (κ1) is 18.8. The first-order valence-corrected chi connectivity index (χ1v) is 9.13. The highest BCUT2D eigenvalue weighted by atomic mass is 16.2. The zero-order valence-electron chi connectivity index (χ0n) is 15.9. The summed E-state index contributed by atoms with van der Waals surface area (Å²) in [5.41, 5.74) is 3.45. The van der Waals surface area contributed by atoms with Crippen LogP contribution in [0.5, 0.6) is 0 Å². The van der Waals surface area contributed by atoms with Gasteiger partial charge in [0.2, 0.25) is 0 Å². The van der Waals surface area contributed by atoms with Gasteiger partial charge in [-0.25, -0.2) is 4.79 Å². The molecule has 1 aromatic heterocycles. The van der Waals surface area contributed by atoms with Crippen molar-refractivity contribution in [3.63, 3.8) is 0 Å². The topological polar surface area (TPSA) is 62.2 Å². The van der Waals surface area contributed by atoms with E-state index in [4.69, 9.17) is 0 Å². The second-order valence-electron chi connectivity index (χ2n) is 7.25. The number of urea groups is 1. The van der Waals surface area contributed by atoms with E-state index in [2.05, 4.69) is 41.4 Å². The van der Waals surface area contributed by atoms with Crippen LogP contribution in [-0.4, -0.2) is 52.9 Å². The van der Waals surface area contributed by atoms with E-state index in [9.17, 15) is 4.79 Å². The third-order valence-corrected chi connectivity index (χ3v) is 5.19. The Morgan fingerprint density at radius 1 is 1.38 bits per heavy atom. The van der Waals surface area contributed by atoms with E-state index in [0.29, 0.717) is 19.1 Å². The van der Waals surface area contributed by atoms with Gasteiger partial charge in [0.25, 0.3) is 0 Å². The van der Waals surface area contributed by atoms with Crippen LogP contribution in [0.25, 0.3) is 0 Å². The third-order valence-electron chi connectivity index (χ3n) is 5.19. The minimum absolute atomic E-state index is 0.0777. The Morgan fingerprint density at radius 2 is 2.12 bits per heavy atom. The number of nitrogens with zero attached hydrogens (tertiary/aromatic N) is 3. The number of hydrogen-bond acceptors (Lipinski definition) is 3. The molecule has 1 fully saturated rings. The van der Waals surface area contributed by atoms with Crippen molar-refractivity contribution in [2.24, 2.45) is 13.0 Å². The van der Waals surface area contributed by atoms with Crippen molar-refractivity contribution >= 4 is 6.03 Å². The Labute approximate surface area is 146 Å². The Morgan fingerprint density at radius 3 is 2.75 bits per heavy atom. The van der Waals surface area contributed by atoms with Gasteiger partial charge in [0.05, 0.1) is 5.69 Å². The molecule has 136 valence electrons. The lowest BCUT2D eigenvalue weighted by atomic mass is 9.99. The predicted molar refractivity (Wildman–Crippen MR) is 97.2 cm³/mol. The fourth-order valence-corrected chi connectivity index (χ4v) is 3.54. The number of carbonyl (C=O) groups is 1. The summed E-state index contributed by atoms with van der Waals surface area (Å²) in [5.74, 6) is 0.765. The molecule has 2 atom stereocenters. The summed E-state index contributed by atoms with van der Waals surface area (Å²) in [7, 11) is 1.95. The maximum atomic E-state index is 12.0. The van der Waals surface area contributed by atoms with E-state index < -0.39 is 0 Å². The number of likely N-dealkylation sites (tertiary alicyclic amines) is 1. The smallest absolute Gasteiger partial charge is 0.314 e. The summed E-state index contributed by atoms with van der Waals surface area (Å²) in [6, 6.07) is 0.312. The fourth-order valence-electron chi connectivity index (χ4n) is 3.54. The Balaban J connectivity index is 1.68. The SMILES string of the molecule is Cc1nn(C)c(C)c1CCNC(=O)NCC(C)N1CCCC(C)C1. The van der Waals surface area contributed by atoms with Crippen LogP contribution in [0.1, 0.15) is 43.6 Å². The number of carbonyl (C=O) groups excluding carboxylic acids is 1. The van der Waals surface area contributed by atoms with Crippen LogP contribution < -0.4 is 10.6 Å². The molecule has 6 nitrogen and oxygen atoms in total. The molecule has 6 heteroatoms. The lowest BCUT2D eigenvalue weighted by Crippen LogP contribution is -2.48. The molecule has 2 amide bonds. The molecule has 0 spiro atoms. The molecule has 1 saturated heterocycles. The van der Waals surface area contributed by atoms with Gasteiger partial charge >= 0.3 is 6.03 Å². The zero-order valence-corrected chi connectivity index (χ0v) is 15.9. The molecule has 2 N–H and O–H groups in total. The van der Waals surface area contributed by atoms with E-state index >= 15 is 0 Å². The van der Waals surface area contributed by atoms with Gasteiger partial charge in [0.1, 0.15) is 0 Å². The summed E-state index contributed by atoms with van der Waals surface area (Å²) in [5, 5.41) is 10.4. The quantitative estimate of drug-likeness (QED) is 0.836. The molecule has 1 aromatic rings. The van der Waals surface area contributed by atoms with Gasteiger partial charge < -0.3 is 10.6 Å². The second kappa shape index (κ2) is 8.51. The minimum atomic E-state index is -0.0777. The number of nitrogens with one attached hydrogen (secondary N) is 2. The highest BCUT2D eigenvalue weighted by Gasteiger charge is 2.21. The van der Waals surface area contributed by atoms with Gasteiger partial charge in [-0.1, -0.05) is 6.92 Å². The van der Waals surface area contributed by atoms with Crippen molar-refractivity contribution < 1.29 is 4.79 Å². The maximum Gasteiger partial charge on any atom is 0.314 e. The fraction of sp³-hybridized carbons (Fsp3) is 0.778. The highest BCUT2D eigenvalue weighted by molar-refractivity contribution is 5.73. The van der Waals surface area contributed by atoms with Crippen molar-refractivity contribution in [1.29, 1.82) is 0 Å². The second-order valence-corrected chi connectivity index (χ2v) is 7.25. The van der Waals surface area contributed by atoms with Gasteiger partial charge in [-0.15, -0.1) is 0 Å². The van der Waals surface area contributed by atoms with Gasteiger partial charge in [-0.05, 0) is 58.1 Å². The highest BCUT2D eigenvalue weighted by Crippen LogP contribution is 2.17. The molecule has 2 heterocycles. The lowest BCUT2D eigenvalue weighted by Gasteiger charge is -2.35. The lowest BCUT2D eigenvalue weighted by molar-refractivity contribution is 0.137. The molecule has 0 bridgehead atoms. The summed E-state index contributed by atoms with van der Waals surface area (Å²) < 4.78 is 1.89. The van der Waals surface area contributed by atoms with Crippen LogP contribution >= 0.6 is 0 Å². The van der Waals surface area contributed by atoms with E-state index in [0.717, 1.165) is 31.1 Å².